The molecule has 2 unspecified atom stereocenters. The van der Waals surface area contributed by atoms with Crippen LogP contribution in [0.15, 0.2) is 24.3 Å². The van der Waals surface area contributed by atoms with Gasteiger partial charge in [-0.1, -0.05) is 57.6 Å². The van der Waals surface area contributed by atoms with Crippen molar-refractivity contribution in [3.05, 3.63) is 40.7 Å². The van der Waals surface area contributed by atoms with E-state index in [-0.39, 0.29) is 17.3 Å². The third-order valence-corrected chi connectivity index (χ3v) is 5.91. The maximum Gasteiger partial charge on any atom is 0.329 e. The molecule has 1 aromatic heterocycles. The Balaban J connectivity index is 1.97. The number of hydrogen-bond donors (Lipinski definition) is 1. The monoisotopic (exact) mass is 392 g/mol. The summed E-state index contributed by atoms with van der Waals surface area (Å²) >= 11 is 1.31. The molecule has 1 fully saturated rings. The number of aliphatic hydroxyl groups is 1. The van der Waals surface area contributed by atoms with E-state index in [0.29, 0.717) is 17.2 Å². The van der Waals surface area contributed by atoms with Crippen LogP contribution in [0.4, 0.5) is 14.3 Å². The van der Waals surface area contributed by atoms with Crippen LogP contribution in [-0.4, -0.2) is 39.0 Å². The first-order valence-electron chi connectivity index (χ1n) is 9.11. The van der Waals surface area contributed by atoms with Gasteiger partial charge >= 0.3 is 6.03 Å². The highest BCUT2D eigenvalue weighted by molar-refractivity contribution is 7.15. The van der Waals surface area contributed by atoms with E-state index in [4.69, 9.17) is 0 Å². The van der Waals surface area contributed by atoms with Crippen LogP contribution in [0.3, 0.4) is 0 Å². The van der Waals surface area contributed by atoms with Crippen molar-refractivity contribution in [3.63, 3.8) is 0 Å². The number of amides is 2. The van der Waals surface area contributed by atoms with E-state index in [0.717, 1.165) is 17.8 Å². The Morgan fingerprint density at radius 1 is 1.22 bits per heavy atom. The molecule has 3 rings (SSSR count). The molecule has 0 radical (unpaired) electrons. The molecule has 0 aliphatic carbocycles. The Hall–Kier alpha value is -2.06. The molecule has 2 amide bonds. The largest absolute Gasteiger partial charge is 0.370 e. The summed E-state index contributed by atoms with van der Waals surface area (Å²) in [7, 11) is 0. The standard InChI is InChI=1S/C19H25FN4O2S/c1-5-6-11-23-14(12-7-9-13(20)10-8-12)15(25)24(18(23)26)17-22-21-16(27-17)19(2,3)4/h7-10,14-15,25H,5-6,11H2,1-4H3. The quantitative estimate of drug-likeness (QED) is 0.833. The first-order valence-corrected chi connectivity index (χ1v) is 9.93. The van der Waals surface area contributed by atoms with Crippen molar-refractivity contribution >= 4 is 22.5 Å². The lowest BCUT2D eigenvalue weighted by Crippen LogP contribution is -2.35. The average Bonchev–Trinajstić information content (AvgIpc) is 3.17. The summed E-state index contributed by atoms with van der Waals surface area (Å²) in [6.07, 6.45) is 0.622. The van der Waals surface area contributed by atoms with Gasteiger partial charge in [0, 0.05) is 12.0 Å². The number of nitrogens with zero attached hydrogens (tertiary/aromatic N) is 4. The van der Waals surface area contributed by atoms with E-state index < -0.39 is 12.3 Å². The topological polar surface area (TPSA) is 69.6 Å². The molecule has 6 nitrogen and oxygen atoms in total. The van der Waals surface area contributed by atoms with Crippen LogP contribution in [-0.2, 0) is 5.41 Å². The van der Waals surface area contributed by atoms with E-state index in [2.05, 4.69) is 10.2 Å². The number of benzene rings is 1. The highest BCUT2D eigenvalue weighted by Gasteiger charge is 2.47. The first-order chi connectivity index (χ1) is 12.7. The summed E-state index contributed by atoms with van der Waals surface area (Å²) in [5, 5.41) is 20.5. The Labute approximate surface area is 162 Å². The lowest BCUT2D eigenvalue weighted by molar-refractivity contribution is 0.118. The Morgan fingerprint density at radius 3 is 2.44 bits per heavy atom. The molecule has 0 spiro atoms. The van der Waals surface area contributed by atoms with Gasteiger partial charge in [-0.15, -0.1) is 10.2 Å². The van der Waals surface area contributed by atoms with Gasteiger partial charge in [0.1, 0.15) is 16.9 Å². The Morgan fingerprint density at radius 2 is 1.89 bits per heavy atom. The van der Waals surface area contributed by atoms with Gasteiger partial charge in [-0.2, -0.15) is 0 Å². The van der Waals surface area contributed by atoms with Crippen LogP contribution >= 0.6 is 11.3 Å². The second-order valence-corrected chi connectivity index (χ2v) is 8.71. The van der Waals surface area contributed by atoms with Crippen molar-refractivity contribution < 1.29 is 14.3 Å². The highest BCUT2D eigenvalue weighted by Crippen LogP contribution is 2.39. The first kappa shape index (κ1) is 19.7. The smallest absolute Gasteiger partial charge is 0.329 e. The second-order valence-electron chi connectivity index (χ2n) is 7.75. The van der Waals surface area contributed by atoms with Crippen LogP contribution in [0.2, 0.25) is 0 Å². The normalized spacial score (nSPS) is 20.6. The number of aliphatic hydroxyl groups excluding tert-OH is 1. The van der Waals surface area contributed by atoms with Gasteiger partial charge in [-0.25, -0.2) is 14.1 Å². The van der Waals surface area contributed by atoms with E-state index in [1.54, 1.807) is 17.0 Å². The van der Waals surface area contributed by atoms with Crippen LogP contribution in [0.25, 0.3) is 0 Å². The summed E-state index contributed by atoms with van der Waals surface area (Å²) in [6, 6.07) is 5.03. The predicted molar refractivity (Wildman–Crippen MR) is 103 cm³/mol. The zero-order valence-electron chi connectivity index (χ0n) is 16.0. The number of carbonyl (C=O) groups excluding carboxylic acids is 1. The number of halogens is 1. The second kappa shape index (κ2) is 7.52. The van der Waals surface area contributed by atoms with Gasteiger partial charge in [-0.3, -0.25) is 0 Å². The summed E-state index contributed by atoms with van der Waals surface area (Å²) in [5.74, 6) is -0.353. The fourth-order valence-electron chi connectivity index (χ4n) is 3.06. The van der Waals surface area contributed by atoms with Crippen molar-refractivity contribution in [2.24, 2.45) is 0 Å². The molecule has 2 heterocycles. The summed E-state index contributed by atoms with van der Waals surface area (Å²) in [4.78, 5) is 16.0. The summed E-state index contributed by atoms with van der Waals surface area (Å²) in [6.45, 7) is 8.62. The van der Waals surface area contributed by atoms with Crippen molar-refractivity contribution in [2.75, 3.05) is 11.4 Å². The molecule has 0 bridgehead atoms. The molecule has 2 aromatic rings. The van der Waals surface area contributed by atoms with E-state index >= 15 is 0 Å². The number of urea groups is 1. The van der Waals surface area contributed by atoms with Crippen LogP contribution in [0.5, 0.6) is 0 Å². The van der Waals surface area contributed by atoms with E-state index in [1.807, 2.05) is 27.7 Å². The fourth-order valence-corrected chi connectivity index (χ4v) is 3.99. The number of anilines is 1. The van der Waals surface area contributed by atoms with Gasteiger partial charge in [0.15, 0.2) is 6.23 Å². The molecular weight excluding hydrogens is 367 g/mol. The van der Waals surface area contributed by atoms with Crippen molar-refractivity contribution in [2.45, 2.75) is 58.2 Å². The molecule has 146 valence electrons. The Kier molecular flexibility index (Phi) is 5.48. The molecule has 1 aliphatic heterocycles. The van der Waals surface area contributed by atoms with Gasteiger partial charge in [0.25, 0.3) is 0 Å². The molecular formula is C19H25FN4O2S. The number of carbonyl (C=O) groups is 1. The Bertz CT molecular complexity index is 803. The minimum Gasteiger partial charge on any atom is -0.370 e. The summed E-state index contributed by atoms with van der Waals surface area (Å²) in [5.41, 5.74) is 0.499. The summed E-state index contributed by atoms with van der Waals surface area (Å²) < 4.78 is 13.3. The maximum absolute atomic E-state index is 13.3. The van der Waals surface area contributed by atoms with Crippen molar-refractivity contribution in [1.82, 2.24) is 15.1 Å². The molecule has 1 aromatic carbocycles. The van der Waals surface area contributed by atoms with Crippen LogP contribution in [0.1, 0.15) is 57.1 Å². The molecule has 1 saturated heterocycles. The maximum atomic E-state index is 13.3. The molecule has 1 N–H and O–H groups in total. The fraction of sp³-hybridized carbons (Fsp3) is 0.526. The van der Waals surface area contributed by atoms with Gasteiger partial charge in [0.05, 0.1) is 0 Å². The third-order valence-electron chi connectivity index (χ3n) is 4.56. The lowest BCUT2D eigenvalue weighted by Gasteiger charge is -2.24. The van der Waals surface area contributed by atoms with Crippen LogP contribution in [0, 0.1) is 5.82 Å². The predicted octanol–water partition coefficient (Wildman–Crippen LogP) is 4.08. The lowest BCUT2D eigenvalue weighted by atomic mass is 9.98. The van der Waals surface area contributed by atoms with E-state index in [9.17, 15) is 14.3 Å². The molecule has 27 heavy (non-hydrogen) atoms. The SMILES string of the molecule is CCCCN1C(=O)N(c2nnc(C(C)(C)C)s2)C(O)C1c1ccc(F)cc1. The number of aromatic nitrogens is 2. The van der Waals surface area contributed by atoms with Gasteiger partial charge < -0.3 is 10.0 Å². The zero-order valence-corrected chi connectivity index (χ0v) is 16.8. The average molecular weight is 393 g/mol. The minimum atomic E-state index is -1.11. The third kappa shape index (κ3) is 3.82. The highest BCUT2D eigenvalue weighted by atomic mass is 32.1. The van der Waals surface area contributed by atoms with Crippen molar-refractivity contribution in [3.8, 4) is 0 Å². The van der Waals surface area contributed by atoms with Gasteiger partial charge in [0.2, 0.25) is 5.13 Å². The molecule has 0 saturated carbocycles. The molecule has 1 aliphatic rings. The van der Waals surface area contributed by atoms with Gasteiger partial charge in [-0.05, 0) is 24.1 Å². The molecule has 8 heteroatoms. The number of unbranched alkanes of at least 4 members (excludes halogenated alkanes) is 1. The molecule has 2 atom stereocenters. The van der Waals surface area contributed by atoms with Crippen molar-refractivity contribution in [1.29, 1.82) is 0 Å². The van der Waals surface area contributed by atoms with E-state index in [1.165, 1.54) is 28.4 Å². The zero-order chi connectivity index (χ0) is 19.8. The number of hydrogen-bond acceptors (Lipinski definition) is 5. The number of rotatable bonds is 5. The van der Waals surface area contributed by atoms with Crippen LogP contribution < -0.4 is 4.90 Å². The minimum absolute atomic E-state index is 0.193.